The van der Waals surface area contributed by atoms with Crippen LogP contribution in [0.2, 0.25) is 5.15 Å². The molecule has 2 aromatic rings. The van der Waals surface area contributed by atoms with Crippen LogP contribution in [0.5, 0.6) is 0 Å². The van der Waals surface area contributed by atoms with Gasteiger partial charge in [-0.25, -0.2) is 13.2 Å². The summed E-state index contributed by atoms with van der Waals surface area (Å²) in [4.78, 5) is 11.8. The van der Waals surface area contributed by atoms with Crippen LogP contribution in [0.25, 0.3) is 0 Å². The summed E-state index contributed by atoms with van der Waals surface area (Å²) >= 11 is 6.01. The zero-order valence-electron chi connectivity index (χ0n) is 12.8. The van der Waals surface area contributed by atoms with Gasteiger partial charge in [0, 0.05) is 7.05 Å². The van der Waals surface area contributed by atoms with Crippen LogP contribution in [0.15, 0.2) is 35.2 Å². The second-order valence-corrected chi connectivity index (χ2v) is 6.83. The third-order valence-corrected chi connectivity index (χ3v) is 5.33. The summed E-state index contributed by atoms with van der Waals surface area (Å²) in [6.45, 7) is 1.52. The highest BCUT2D eigenvalue weighted by molar-refractivity contribution is 7.89. The highest BCUT2D eigenvalue weighted by atomic mass is 35.5. The molecule has 0 amide bonds. The predicted octanol–water partition coefficient (Wildman–Crippen LogP) is 1.57. The molecule has 0 bridgehead atoms. The summed E-state index contributed by atoms with van der Waals surface area (Å²) in [6, 6.07) is 7.23. The normalized spacial score (nSPS) is 12.9. The monoisotopic (exact) mass is 357 g/mol. The van der Waals surface area contributed by atoms with Gasteiger partial charge in [-0.15, -0.1) is 0 Å². The summed E-state index contributed by atoms with van der Waals surface area (Å²) in [6.07, 6.45) is 0. The number of hydrogen-bond donors (Lipinski definition) is 1. The van der Waals surface area contributed by atoms with Gasteiger partial charge in [0.1, 0.15) is 16.1 Å². The fraction of sp³-hybridized carbons (Fsp3) is 0.286. The van der Waals surface area contributed by atoms with Crippen molar-refractivity contribution in [3.8, 4) is 0 Å². The highest BCUT2D eigenvalue weighted by Crippen LogP contribution is 2.26. The molecule has 2 rings (SSSR count). The van der Waals surface area contributed by atoms with Crippen molar-refractivity contribution < 1.29 is 17.9 Å². The topological polar surface area (TPSA) is 90.3 Å². The van der Waals surface area contributed by atoms with Crippen molar-refractivity contribution in [2.45, 2.75) is 17.9 Å². The second kappa shape index (κ2) is 6.69. The number of nitrogens with zero attached hydrogens (tertiary/aromatic N) is 2. The van der Waals surface area contributed by atoms with Crippen LogP contribution in [0.4, 0.5) is 0 Å². The summed E-state index contributed by atoms with van der Waals surface area (Å²) in [5.41, 5.74) is 0.697. The summed E-state index contributed by atoms with van der Waals surface area (Å²) in [5.74, 6) is -0.725. The fourth-order valence-corrected chi connectivity index (χ4v) is 4.07. The van der Waals surface area contributed by atoms with Crippen molar-refractivity contribution in [3.05, 3.63) is 46.7 Å². The van der Waals surface area contributed by atoms with Gasteiger partial charge in [0.05, 0.1) is 12.8 Å². The molecule has 0 aliphatic heterocycles. The first-order valence-electron chi connectivity index (χ1n) is 6.62. The Morgan fingerprint density at radius 2 is 1.96 bits per heavy atom. The summed E-state index contributed by atoms with van der Waals surface area (Å²) in [7, 11) is -1.35. The lowest BCUT2D eigenvalue weighted by Crippen LogP contribution is -2.34. The van der Waals surface area contributed by atoms with Crippen LogP contribution in [-0.4, -0.2) is 31.3 Å². The molecule has 0 radical (unpaired) electrons. The molecule has 9 heteroatoms. The standard InChI is InChI=1S/C14H16ClN3O4S/c1-9-12(13(15)18(2)16-9)23(20,21)17-11(14(19)22-3)10-7-5-4-6-8-10/h4-8,11,17H,1-3H3. The molecule has 1 N–H and O–H groups in total. The summed E-state index contributed by atoms with van der Waals surface area (Å²) < 4.78 is 33.5. The maximum atomic E-state index is 12.6. The molecule has 23 heavy (non-hydrogen) atoms. The Labute approximate surface area is 139 Å². The number of ether oxygens (including phenoxy) is 1. The second-order valence-electron chi connectivity index (χ2n) is 4.82. The molecule has 0 saturated carbocycles. The third kappa shape index (κ3) is 3.54. The smallest absolute Gasteiger partial charge is 0.328 e. The molecule has 0 fully saturated rings. The van der Waals surface area contributed by atoms with E-state index in [4.69, 9.17) is 16.3 Å². The van der Waals surface area contributed by atoms with Crippen molar-refractivity contribution in [3.63, 3.8) is 0 Å². The summed E-state index contributed by atoms with van der Waals surface area (Å²) in [5, 5.41) is 3.94. The van der Waals surface area contributed by atoms with E-state index in [0.717, 1.165) is 0 Å². The van der Waals surface area contributed by atoms with E-state index in [0.29, 0.717) is 5.56 Å². The minimum absolute atomic E-state index is 0.0355. The number of carbonyl (C=O) groups is 1. The van der Waals surface area contributed by atoms with Crippen LogP contribution in [0.3, 0.4) is 0 Å². The van der Waals surface area contributed by atoms with E-state index < -0.39 is 22.0 Å². The maximum Gasteiger partial charge on any atom is 0.328 e. The lowest BCUT2D eigenvalue weighted by atomic mass is 10.1. The Kier molecular flexibility index (Phi) is 5.08. The van der Waals surface area contributed by atoms with E-state index in [-0.39, 0.29) is 15.7 Å². The lowest BCUT2D eigenvalue weighted by Gasteiger charge is -2.17. The quantitative estimate of drug-likeness (QED) is 0.820. The average molecular weight is 358 g/mol. The van der Waals surface area contributed by atoms with E-state index in [1.807, 2.05) is 0 Å². The molecule has 1 aromatic heterocycles. The molecule has 1 unspecified atom stereocenters. The molecule has 0 saturated heterocycles. The van der Waals surface area contributed by atoms with Crippen molar-refractivity contribution in [1.29, 1.82) is 0 Å². The van der Waals surface area contributed by atoms with Gasteiger partial charge in [-0.1, -0.05) is 41.9 Å². The van der Waals surface area contributed by atoms with E-state index in [1.165, 1.54) is 25.8 Å². The Morgan fingerprint density at radius 3 is 2.43 bits per heavy atom. The fourth-order valence-electron chi connectivity index (χ4n) is 2.15. The van der Waals surface area contributed by atoms with Gasteiger partial charge < -0.3 is 4.74 Å². The van der Waals surface area contributed by atoms with E-state index in [1.54, 1.807) is 30.3 Å². The van der Waals surface area contributed by atoms with Crippen LogP contribution >= 0.6 is 11.6 Å². The van der Waals surface area contributed by atoms with E-state index >= 15 is 0 Å². The van der Waals surface area contributed by atoms with E-state index in [9.17, 15) is 13.2 Å². The molecule has 0 aliphatic rings. The highest BCUT2D eigenvalue weighted by Gasteiger charge is 2.32. The number of methoxy groups -OCH3 is 1. The largest absolute Gasteiger partial charge is 0.468 e. The zero-order valence-corrected chi connectivity index (χ0v) is 14.4. The Balaban J connectivity index is 2.45. The third-order valence-electron chi connectivity index (χ3n) is 3.21. The SMILES string of the molecule is COC(=O)C(NS(=O)(=O)c1c(C)nn(C)c1Cl)c1ccccc1. The number of aromatic nitrogens is 2. The van der Waals surface area contributed by atoms with Crippen LogP contribution in [0, 0.1) is 6.92 Å². The van der Waals surface area contributed by atoms with Crippen LogP contribution in [-0.2, 0) is 26.6 Å². The van der Waals surface area contributed by atoms with Gasteiger partial charge in [0.25, 0.3) is 0 Å². The van der Waals surface area contributed by atoms with Crippen LogP contribution in [0.1, 0.15) is 17.3 Å². The van der Waals surface area contributed by atoms with Gasteiger partial charge in [-0.2, -0.15) is 9.82 Å². The number of sulfonamides is 1. The molecule has 0 aliphatic carbocycles. The first-order chi connectivity index (χ1) is 10.8. The van der Waals surface area contributed by atoms with Gasteiger partial charge in [0.15, 0.2) is 0 Å². The molecule has 1 atom stereocenters. The Bertz CT molecular complexity index is 818. The van der Waals surface area contributed by atoms with Crippen molar-refractivity contribution in [2.75, 3.05) is 7.11 Å². The minimum Gasteiger partial charge on any atom is -0.468 e. The molecule has 7 nitrogen and oxygen atoms in total. The first kappa shape index (κ1) is 17.5. The van der Waals surface area contributed by atoms with Gasteiger partial charge >= 0.3 is 5.97 Å². The molecule has 0 spiro atoms. The molecule has 124 valence electrons. The number of benzene rings is 1. The maximum absolute atomic E-state index is 12.6. The number of aryl methyl sites for hydroxylation is 2. The van der Waals surface area contributed by atoms with Crippen molar-refractivity contribution in [2.24, 2.45) is 7.05 Å². The molecule has 1 heterocycles. The number of carbonyl (C=O) groups excluding carboxylic acids is 1. The van der Waals surface area contributed by atoms with E-state index in [2.05, 4.69) is 9.82 Å². The number of rotatable bonds is 5. The Hall–Kier alpha value is -1.90. The molecular weight excluding hydrogens is 342 g/mol. The zero-order chi connectivity index (χ0) is 17.2. The van der Waals surface area contributed by atoms with Crippen molar-refractivity contribution in [1.82, 2.24) is 14.5 Å². The van der Waals surface area contributed by atoms with Gasteiger partial charge in [-0.05, 0) is 12.5 Å². The minimum atomic E-state index is -4.07. The molecule has 1 aromatic carbocycles. The molecular formula is C14H16ClN3O4S. The Morgan fingerprint density at radius 1 is 1.35 bits per heavy atom. The predicted molar refractivity (Wildman–Crippen MR) is 84.5 cm³/mol. The van der Waals surface area contributed by atoms with Gasteiger partial charge in [-0.3, -0.25) is 4.68 Å². The number of hydrogen-bond acceptors (Lipinski definition) is 5. The number of nitrogens with one attached hydrogen (secondary N) is 1. The number of halogens is 1. The van der Waals surface area contributed by atoms with Crippen molar-refractivity contribution >= 4 is 27.6 Å². The average Bonchev–Trinajstić information content (AvgIpc) is 2.78. The lowest BCUT2D eigenvalue weighted by molar-refractivity contribution is -0.142. The van der Waals surface area contributed by atoms with Gasteiger partial charge in [0.2, 0.25) is 10.0 Å². The first-order valence-corrected chi connectivity index (χ1v) is 8.48. The number of esters is 1. The van der Waals surface area contributed by atoms with Crippen LogP contribution < -0.4 is 4.72 Å².